The third kappa shape index (κ3) is 2.64. The molecule has 0 amide bonds. The summed E-state index contributed by atoms with van der Waals surface area (Å²) in [5, 5.41) is 5.20. The lowest BCUT2D eigenvalue weighted by Crippen LogP contribution is -1.96. The zero-order valence-corrected chi connectivity index (χ0v) is 10.0. The minimum Gasteiger partial charge on any atom is -0.231 e. The van der Waals surface area contributed by atoms with E-state index in [1.807, 2.05) is 30.3 Å². The van der Waals surface area contributed by atoms with E-state index < -0.39 is 0 Å². The molecule has 2 nitrogen and oxygen atoms in total. The van der Waals surface area contributed by atoms with Crippen LogP contribution in [0, 0.1) is 6.20 Å². The average molecular weight is 234 g/mol. The summed E-state index contributed by atoms with van der Waals surface area (Å²) in [4.78, 5) is 0. The van der Waals surface area contributed by atoms with E-state index in [0.29, 0.717) is 0 Å². The first-order chi connectivity index (χ1) is 7.79. The molecule has 83 valence electrons. The Balaban J connectivity index is 2.15. The van der Waals surface area contributed by atoms with Gasteiger partial charge in [0.05, 0.1) is 17.6 Å². The highest BCUT2D eigenvalue weighted by Gasteiger charge is 2.01. The van der Waals surface area contributed by atoms with Crippen LogP contribution in [-0.2, 0) is 6.42 Å². The molecule has 0 unspecified atom stereocenters. The SMILES string of the molecule is CCCCc1c[c]n(-c2ccc(Cl)cc2)n1. The van der Waals surface area contributed by atoms with Crippen LogP contribution in [0.3, 0.4) is 0 Å². The summed E-state index contributed by atoms with van der Waals surface area (Å²) in [6, 6.07) is 9.55. The number of aryl methyl sites for hydroxylation is 1. The molecule has 1 radical (unpaired) electrons. The van der Waals surface area contributed by atoms with Gasteiger partial charge in [-0.15, -0.1) is 0 Å². The van der Waals surface area contributed by atoms with E-state index in [4.69, 9.17) is 11.6 Å². The predicted octanol–water partition coefficient (Wildman–Crippen LogP) is 3.67. The molecule has 0 aliphatic rings. The monoisotopic (exact) mass is 233 g/mol. The van der Waals surface area contributed by atoms with Crippen molar-refractivity contribution in [3.8, 4) is 5.69 Å². The van der Waals surface area contributed by atoms with Crippen LogP contribution in [-0.4, -0.2) is 9.78 Å². The van der Waals surface area contributed by atoms with Crippen molar-refractivity contribution >= 4 is 11.6 Å². The van der Waals surface area contributed by atoms with Crippen LogP contribution in [0.15, 0.2) is 30.3 Å². The Morgan fingerprint density at radius 2 is 2.06 bits per heavy atom. The fraction of sp³-hybridized carbons (Fsp3) is 0.308. The summed E-state index contributed by atoms with van der Waals surface area (Å²) in [6.45, 7) is 2.18. The number of rotatable bonds is 4. The van der Waals surface area contributed by atoms with E-state index in [9.17, 15) is 0 Å². The van der Waals surface area contributed by atoms with E-state index in [1.165, 1.54) is 12.8 Å². The van der Waals surface area contributed by atoms with Gasteiger partial charge in [-0.05, 0) is 43.2 Å². The molecular weight excluding hydrogens is 220 g/mol. The third-order valence-electron chi connectivity index (χ3n) is 2.44. The molecule has 0 saturated carbocycles. The van der Waals surface area contributed by atoms with Crippen LogP contribution in [0.5, 0.6) is 0 Å². The number of aromatic nitrogens is 2. The van der Waals surface area contributed by atoms with Gasteiger partial charge in [0.2, 0.25) is 0 Å². The number of hydrogen-bond acceptors (Lipinski definition) is 1. The van der Waals surface area contributed by atoms with Crippen LogP contribution in [0.1, 0.15) is 25.5 Å². The topological polar surface area (TPSA) is 17.8 Å². The Morgan fingerprint density at radius 1 is 1.31 bits per heavy atom. The number of unbranched alkanes of at least 4 members (excludes halogenated alkanes) is 1. The summed E-state index contributed by atoms with van der Waals surface area (Å²) < 4.78 is 1.77. The maximum atomic E-state index is 5.83. The predicted molar refractivity (Wildman–Crippen MR) is 66.0 cm³/mol. The molecule has 1 aromatic heterocycles. The van der Waals surface area contributed by atoms with Gasteiger partial charge in [0.1, 0.15) is 0 Å². The second kappa shape index (κ2) is 5.17. The van der Waals surface area contributed by atoms with Gasteiger partial charge in [-0.2, -0.15) is 5.10 Å². The van der Waals surface area contributed by atoms with Gasteiger partial charge in [0.15, 0.2) is 0 Å². The van der Waals surface area contributed by atoms with Gasteiger partial charge in [-0.1, -0.05) is 24.9 Å². The van der Waals surface area contributed by atoms with Crippen molar-refractivity contribution in [3.63, 3.8) is 0 Å². The zero-order chi connectivity index (χ0) is 11.4. The average Bonchev–Trinajstić information content (AvgIpc) is 2.76. The van der Waals surface area contributed by atoms with Gasteiger partial charge in [-0.3, -0.25) is 0 Å². The van der Waals surface area contributed by atoms with Gasteiger partial charge in [0.25, 0.3) is 0 Å². The Bertz CT molecular complexity index is 445. The fourth-order valence-electron chi connectivity index (χ4n) is 1.52. The van der Waals surface area contributed by atoms with E-state index in [1.54, 1.807) is 4.68 Å². The lowest BCUT2D eigenvalue weighted by Gasteiger charge is -2.00. The Labute approximate surface area is 101 Å². The minimum absolute atomic E-state index is 0.738. The maximum absolute atomic E-state index is 5.83. The van der Waals surface area contributed by atoms with Crippen LogP contribution in [0.2, 0.25) is 5.02 Å². The van der Waals surface area contributed by atoms with Crippen LogP contribution >= 0.6 is 11.6 Å². The molecule has 0 saturated heterocycles. The summed E-state index contributed by atoms with van der Waals surface area (Å²) in [6.07, 6.45) is 6.49. The van der Waals surface area contributed by atoms with Crippen molar-refractivity contribution in [2.24, 2.45) is 0 Å². The minimum atomic E-state index is 0.738. The molecule has 2 rings (SSSR count). The molecule has 0 bridgehead atoms. The number of halogens is 1. The molecule has 0 aliphatic heterocycles. The first-order valence-electron chi connectivity index (χ1n) is 5.52. The zero-order valence-electron chi connectivity index (χ0n) is 9.28. The fourth-order valence-corrected chi connectivity index (χ4v) is 1.64. The van der Waals surface area contributed by atoms with Crippen molar-refractivity contribution < 1.29 is 0 Å². The Morgan fingerprint density at radius 3 is 2.75 bits per heavy atom. The Hall–Kier alpha value is -1.28. The van der Waals surface area contributed by atoms with Crippen molar-refractivity contribution in [1.82, 2.24) is 9.78 Å². The Kier molecular flexibility index (Phi) is 3.62. The first-order valence-corrected chi connectivity index (χ1v) is 5.90. The second-order valence-electron chi connectivity index (χ2n) is 3.76. The molecule has 0 aliphatic carbocycles. The highest BCUT2D eigenvalue weighted by Crippen LogP contribution is 2.13. The highest BCUT2D eigenvalue weighted by atomic mass is 35.5. The number of benzene rings is 1. The summed E-state index contributed by atoms with van der Waals surface area (Å²) >= 11 is 5.83. The summed E-state index contributed by atoms with van der Waals surface area (Å²) in [5.74, 6) is 0. The van der Waals surface area contributed by atoms with Crippen molar-refractivity contribution in [3.05, 3.63) is 47.2 Å². The van der Waals surface area contributed by atoms with E-state index >= 15 is 0 Å². The number of nitrogens with zero attached hydrogens (tertiary/aromatic N) is 2. The lowest BCUT2D eigenvalue weighted by atomic mass is 10.2. The third-order valence-corrected chi connectivity index (χ3v) is 2.69. The van der Waals surface area contributed by atoms with E-state index in [2.05, 4.69) is 18.2 Å². The van der Waals surface area contributed by atoms with Gasteiger partial charge in [-0.25, -0.2) is 4.68 Å². The van der Waals surface area contributed by atoms with Crippen LogP contribution in [0.25, 0.3) is 5.69 Å². The molecule has 1 heterocycles. The molecule has 16 heavy (non-hydrogen) atoms. The molecule has 2 aromatic rings. The molecule has 0 atom stereocenters. The molecule has 0 N–H and O–H groups in total. The molecule has 0 fully saturated rings. The molecule has 3 heteroatoms. The smallest absolute Gasteiger partial charge is 0.0929 e. The summed E-state index contributed by atoms with van der Waals surface area (Å²) in [7, 11) is 0. The molecule has 0 spiro atoms. The van der Waals surface area contributed by atoms with Gasteiger partial charge in [0, 0.05) is 5.02 Å². The molecular formula is C13H14ClN2. The number of hydrogen-bond donors (Lipinski definition) is 0. The van der Waals surface area contributed by atoms with Crippen molar-refractivity contribution in [2.75, 3.05) is 0 Å². The molecule has 1 aromatic carbocycles. The van der Waals surface area contributed by atoms with Crippen molar-refractivity contribution in [2.45, 2.75) is 26.2 Å². The maximum Gasteiger partial charge on any atom is 0.0929 e. The van der Waals surface area contributed by atoms with Crippen LogP contribution < -0.4 is 0 Å². The van der Waals surface area contributed by atoms with E-state index in [-0.39, 0.29) is 0 Å². The standard InChI is InChI=1S/C13H14ClN2/c1-2-3-4-12-9-10-16(15-12)13-7-5-11(14)6-8-13/h5-9H,2-4H2,1H3. The quantitative estimate of drug-likeness (QED) is 0.788. The normalized spacial score (nSPS) is 10.6. The largest absolute Gasteiger partial charge is 0.231 e. The second-order valence-corrected chi connectivity index (χ2v) is 4.19. The van der Waals surface area contributed by atoms with Gasteiger partial charge < -0.3 is 0 Å². The first kappa shape index (κ1) is 11.2. The van der Waals surface area contributed by atoms with E-state index in [0.717, 1.165) is 22.8 Å². The van der Waals surface area contributed by atoms with Gasteiger partial charge >= 0.3 is 0 Å². The summed E-state index contributed by atoms with van der Waals surface area (Å²) in [5.41, 5.74) is 2.09. The highest BCUT2D eigenvalue weighted by molar-refractivity contribution is 6.30. The lowest BCUT2D eigenvalue weighted by molar-refractivity contribution is 0.751. The van der Waals surface area contributed by atoms with Crippen molar-refractivity contribution in [1.29, 1.82) is 0 Å². The van der Waals surface area contributed by atoms with Crippen LogP contribution in [0.4, 0.5) is 0 Å².